The van der Waals surface area contributed by atoms with Crippen molar-refractivity contribution < 1.29 is 0 Å². The van der Waals surface area contributed by atoms with Crippen LogP contribution in [0.3, 0.4) is 0 Å². The van der Waals surface area contributed by atoms with Gasteiger partial charge in [0.1, 0.15) is 5.82 Å². The van der Waals surface area contributed by atoms with E-state index >= 15 is 0 Å². The van der Waals surface area contributed by atoms with Gasteiger partial charge in [0.25, 0.3) is 0 Å². The number of aliphatic imine (C=N–C) groups is 1. The number of aromatic nitrogens is 2. The first-order valence-corrected chi connectivity index (χ1v) is 7.22. The van der Waals surface area contributed by atoms with E-state index in [1.165, 1.54) is 0 Å². The van der Waals surface area contributed by atoms with Crippen LogP contribution < -0.4 is 16.0 Å². The van der Waals surface area contributed by atoms with Gasteiger partial charge in [0, 0.05) is 39.0 Å². The van der Waals surface area contributed by atoms with Crippen LogP contribution in [0.2, 0.25) is 0 Å². The Hall–Kier alpha value is -2.63. The zero-order valence-corrected chi connectivity index (χ0v) is 13.0. The third kappa shape index (κ3) is 5.05. The van der Waals surface area contributed by atoms with Gasteiger partial charge in [0.05, 0.1) is 12.2 Å². The summed E-state index contributed by atoms with van der Waals surface area (Å²) < 4.78 is 0. The lowest BCUT2D eigenvalue weighted by atomic mass is 10.3. The summed E-state index contributed by atoms with van der Waals surface area (Å²) in [4.78, 5) is 15.0. The molecule has 0 unspecified atom stereocenters. The summed E-state index contributed by atoms with van der Waals surface area (Å²) >= 11 is 0. The predicted octanol–water partition coefficient (Wildman–Crippen LogP) is 1.19. The maximum Gasteiger partial charge on any atom is 0.188 e. The highest BCUT2D eigenvalue weighted by Gasteiger charge is 2.00. The van der Waals surface area contributed by atoms with E-state index in [4.69, 9.17) is 5.73 Å². The van der Waals surface area contributed by atoms with Gasteiger partial charge < -0.3 is 16.0 Å². The normalized spacial score (nSPS) is 11.3. The fourth-order valence-corrected chi connectivity index (χ4v) is 1.89. The van der Waals surface area contributed by atoms with E-state index in [0.717, 1.165) is 23.6 Å². The molecule has 3 N–H and O–H groups in total. The number of nitrogens with zero attached hydrogens (tertiary/aromatic N) is 4. The molecule has 2 aromatic rings. The van der Waals surface area contributed by atoms with E-state index < -0.39 is 0 Å². The highest BCUT2D eigenvalue weighted by atomic mass is 15.1. The largest absolute Gasteiger partial charge is 0.370 e. The van der Waals surface area contributed by atoms with Crippen LogP contribution in [0.5, 0.6) is 0 Å². The van der Waals surface area contributed by atoms with Crippen molar-refractivity contribution in [3.63, 3.8) is 0 Å². The van der Waals surface area contributed by atoms with Gasteiger partial charge in [-0.25, -0.2) is 9.98 Å². The Kier molecular flexibility index (Phi) is 5.71. The number of pyridine rings is 2. The Morgan fingerprint density at radius 3 is 2.73 bits per heavy atom. The third-order valence-corrected chi connectivity index (χ3v) is 3.08. The van der Waals surface area contributed by atoms with Crippen LogP contribution in [0.1, 0.15) is 11.4 Å². The summed E-state index contributed by atoms with van der Waals surface area (Å²) in [5.74, 6) is 1.34. The van der Waals surface area contributed by atoms with E-state index in [1.54, 1.807) is 6.20 Å². The van der Waals surface area contributed by atoms with E-state index in [2.05, 4.69) is 20.3 Å². The number of anilines is 1. The summed E-state index contributed by atoms with van der Waals surface area (Å²) in [6.45, 7) is 1.17. The van der Waals surface area contributed by atoms with Crippen molar-refractivity contribution in [3.8, 4) is 0 Å². The highest BCUT2D eigenvalue weighted by molar-refractivity contribution is 5.77. The molecule has 0 aliphatic heterocycles. The predicted molar refractivity (Wildman–Crippen MR) is 89.8 cm³/mol. The minimum atomic E-state index is 0.424. The minimum Gasteiger partial charge on any atom is -0.370 e. The van der Waals surface area contributed by atoms with Crippen LogP contribution in [-0.4, -0.2) is 36.6 Å². The molecule has 2 rings (SSSR count). The SMILES string of the molecule is CN(C)c1cccc(CN=C(N)NCCc2ccccn2)n1. The van der Waals surface area contributed by atoms with Crippen molar-refractivity contribution in [2.24, 2.45) is 10.7 Å². The van der Waals surface area contributed by atoms with Crippen molar-refractivity contribution in [2.75, 3.05) is 25.5 Å². The Balaban J connectivity index is 1.81. The quantitative estimate of drug-likeness (QED) is 0.618. The molecule has 0 amide bonds. The molecule has 2 heterocycles. The summed E-state index contributed by atoms with van der Waals surface area (Å²) in [6, 6.07) is 11.7. The van der Waals surface area contributed by atoms with Crippen LogP contribution in [0.15, 0.2) is 47.6 Å². The van der Waals surface area contributed by atoms with Crippen LogP contribution in [0, 0.1) is 0 Å². The Labute approximate surface area is 131 Å². The molecule has 0 spiro atoms. The summed E-state index contributed by atoms with van der Waals surface area (Å²) in [5, 5.41) is 3.09. The number of hydrogen-bond acceptors (Lipinski definition) is 4. The molecule has 6 nitrogen and oxygen atoms in total. The maximum atomic E-state index is 5.86. The first kappa shape index (κ1) is 15.8. The molecule has 6 heteroatoms. The average molecular weight is 298 g/mol. The summed E-state index contributed by atoms with van der Waals surface area (Å²) in [6.07, 6.45) is 2.60. The van der Waals surface area contributed by atoms with Crippen LogP contribution >= 0.6 is 0 Å². The second-order valence-electron chi connectivity index (χ2n) is 5.08. The van der Waals surface area contributed by atoms with Crippen molar-refractivity contribution in [1.82, 2.24) is 15.3 Å². The molecule has 0 saturated heterocycles. The molecule has 22 heavy (non-hydrogen) atoms. The summed E-state index contributed by atoms with van der Waals surface area (Å²) in [5.41, 5.74) is 7.78. The lowest BCUT2D eigenvalue weighted by Crippen LogP contribution is -2.33. The molecule has 0 bridgehead atoms. The third-order valence-electron chi connectivity index (χ3n) is 3.08. The number of rotatable bonds is 6. The first-order chi connectivity index (χ1) is 10.6. The average Bonchev–Trinajstić information content (AvgIpc) is 2.54. The fourth-order valence-electron chi connectivity index (χ4n) is 1.89. The van der Waals surface area contributed by atoms with Gasteiger partial charge in [-0.1, -0.05) is 12.1 Å². The minimum absolute atomic E-state index is 0.424. The van der Waals surface area contributed by atoms with Gasteiger partial charge in [-0.05, 0) is 24.3 Å². The molecule has 0 aliphatic carbocycles. The van der Waals surface area contributed by atoms with Gasteiger partial charge in [-0.2, -0.15) is 0 Å². The van der Waals surface area contributed by atoms with Gasteiger partial charge in [-0.3, -0.25) is 4.98 Å². The molecular weight excluding hydrogens is 276 g/mol. The van der Waals surface area contributed by atoms with Gasteiger partial charge in [-0.15, -0.1) is 0 Å². The van der Waals surface area contributed by atoms with Gasteiger partial charge >= 0.3 is 0 Å². The Morgan fingerprint density at radius 1 is 1.18 bits per heavy atom. The Morgan fingerprint density at radius 2 is 2.00 bits per heavy atom. The van der Waals surface area contributed by atoms with Crippen molar-refractivity contribution >= 4 is 11.8 Å². The smallest absolute Gasteiger partial charge is 0.188 e. The topological polar surface area (TPSA) is 79.4 Å². The van der Waals surface area contributed by atoms with Crippen LogP contribution in [-0.2, 0) is 13.0 Å². The second kappa shape index (κ2) is 7.97. The molecule has 0 saturated carbocycles. The van der Waals surface area contributed by atoms with Gasteiger partial charge in [0.15, 0.2) is 5.96 Å². The molecule has 0 radical (unpaired) electrons. The fraction of sp³-hybridized carbons (Fsp3) is 0.312. The second-order valence-corrected chi connectivity index (χ2v) is 5.08. The molecule has 0 aromatic carbocycles. The zero-order chi connectivity index (χ0) is 15.8. The number of guanidine groups is 1. The standard InChI is InChI=1S/C16H22N6/c1-22(2)15-8-5-7-14(21-15)12-20-16(17)19-11-9-13-6-3-4-10-18-13/h3-8,10H,9,11-12H2,1-2H3,(H3,17,19,20). The number of nitrogens with two attached hydrogens (primary N) is 1. The van der Waals surface area contributed by atoms with Crippen molar-refractivity contribution in [2.45, 2.75) is 13.0 Å². The molecular formula is C16H22N6. The molecule has 2 aromatic heterocycles. The Bertz CT molecular complexity index is 609. The highest BCUT2D eigenvalue weighted by Crippen LogP contribution is 2.08. The lowest BCUT2D eigenvalue weighted by molar-refractivity contribution is 0.825. The van der Waals surface area contributed by atoms with Crippen molar-refractivity contribution in [1.29, 1.82) is 0 Å². The maximum absolute atomic E-state index is 5.86. The van der Waals surface area contributed by atoms with Crippen LogP contribution in [0.4, 0.5) is 5.82 Å². The zero-order valence-electron chi connectivity index (χ0n) is 13.0. The van der Waals surface area contributed by atoms with E-state index in [1.807, 2.05) is 55.4 Å². The molecule has 0 aliphatic rings. The molecule has 116 valence electrons. The number of nitrogens with one attached hydrogen (secondary N) is 1. The molecule has 0 fully saturated rings. The first-order valence-electron chi connectivity index (χ1n) is 7.22. The van der Waals surface area contributed by atoms with E-state index in [-0.39, 0.29) is 0 Å². The van der Waals surface area contributed by atoms with E-state index in [0.29, 0.717) is 19.0 Å². The molecule has 0 atom stereocenters. The monoisotopic (exact) mass is 298 g/mol. The lowest BCUT2D eigenvalue weighted by Gasteiger charge is -2.11. The van der Waals surface area contributed by atoms with E-state index in [9.17, 15) is 0 Å². The van der Waals surface area contributed by atoms with Crippen LogP contribution in [0.25, 0.3) is 0 Å². The van der Waals surface area contributed by atoms with Gasteiger partial charge in [0.2, 0.25) is 0 Å². The van der Waals surface area contributed by atoms with Crippen molar-refractivity contribution in [3.05, 3.63) is 54.0 Å². The number of hydrogen-bond donors (Lipinski definition) is 2. The summed E-state index contributed by atoms with van der Waals surface area (Å²) in [7, 11) is 3.92.